The first kappa shape index (κ1) is 22.3. The Morgan fingerprint density at radius 3 is 2.58 bits per heavy atom. The van der Waals surface area contributed by atoms with Crippen LogP contribution in [0.25, 0.3) is 22.4 Å². The molecule has 0 unspecified atom stereocenters. The third-order valence-electron chi connectivity index (χ3n) is 5.08. The van der Waals surface area contributed by atoms with Gasteiger partial charge < -0.3 is 10.1 Å². The van der Waals surface area contributed by atoms with Crippen molar-refractivity contribution in [1.82, 2.24) is 20.4 Å². The van der Waals surface area contributed by atoms with Gasteiger partial charge in [0.05, 0.1) is 17.3 Å². The van der Waals surface area contributed by atoms with Gasteiger partial charge in [0.1, 0.15) is 18.1 Å². The minimum atomic E-state index is -4.68. The van der Waals surface area contributed by atoms with Crippen molar-refractivity contribution in [2.45, 2.75) is 19.1 Å². The normalized spacial score (nSPS) is 12.5. The summed E-state index contributed by atoms with van der Waals surface area (Å²) >= 11 is 0. The number of aryl methyl sites for hydroxylation is 1. The largest absolute Gasteiger partial charge is 0.449 e. The highest BCUT2D eigenvalue weighted by Crippen LogP contribution is 2.39. The van der Waals surface area contributed by atoms with Crippen LogP contribution in [0.15, 0.2) is 60.8 Å². The number of carbonyl (C=O) groups excluding carboxylic acids is 1. The number of aromatic nitrogens is 4. The number of fused-ring (bicyclic) bond motifs is 1. The molecule has 1 aromatic carbocycles. The number of halogens is 3. The topological polar surface area (TPSA) is 83.8 Å². The predicted octanol–water partition coefficient (Wildman–Crippen LogP) is 3.72. The fourth-order valence-electron chi connectivity index (χ4n) is 3.52. The molecule has 0 aliphatic carbocycles. The highest BCUT2D eigenvalue weighted by atomic mass is 19.4. The fourth-order valence-corrected chi connectivity index (χ4v) is 3.52. The van der Waals surface area contributed by atoms with Gasteiger partial charge in [-0.15, -0.1) is 0 Å². The molecule has 1 atom stereocenters. The molecule has 0 aliphatic rings. The Balaban J connectivity index is 1.61. The highest BCUT2D eigenvalue weighted by molar-refractivity contribution is 5.91. The van der Waals surface area contributed by atoms with Crippen molar-refractivity contribution in [3.05, 3.63) is 71.9 Å². The molecule has 4 aromatic rings. The molecule has 3 aromatic heterocycles. The third kappa shape index (κ3) is 4.79. The maximum Gasteiger partial charge on any atom is 0.417 e. The second-order valence-corrected chi connectivity index (χ2v) is 7.45. The van der Waals surface area contributed by atoms with Crippen LogP contribution in [0.1, 0.15) is 24.1 Å². The van der Waals surface area contributed by atoms with Crippen molar-refractivity contribution in [1.29, 1.82) is 0 Å². The van der Waals surface area contributed by atoms with E-state index in [2.05, 4.69) is 20.4 Å². The van der Waals surface area contributed by atoms with Crippen molar-refractivity contribution < 1.29 is 27.4 Å². The molecule has 0 spiro atoms. The van der Waals surface area contributed by atoms with E-state index in [9.17, 15) is 18.0 Å². The van der Waals surface area contributed by atoms with E-state index < -0.39 is 24.3 Å². The van der Waals surface area contributed by atoms with Crippen molar-refractivity contribution >= 4 is 16.9 Å². The molecule has 170 valence electrons. The smallest absolute Gasteiger partial charge is 0.417 e. The molecule has 0 aliphatic heterocycles. The molecule has 0 radical (unpaired) electrons. The molecule has 4 rings (SSSR count). The van der Waals surface area contributed by atoms with Gasteiger partial charge >= 0.3 is 17.7 Å². The first-order chi connectivity index (χ1) is 15.7. The number of hydrogen-bond donors (Lipinski definition) is 2. The molecule has 0 bridgehead atoms. The van der Waals surface area contributed by atoms with E-state index in [1.807, 2.05) is 30.3 Å². The van der Waals surface area contributed by atoms with Gasteiger partial charge in [0.25, 0.3) is 5.91 Å². The zero-order valence-corrected chi connectivity index (χ0v) is 17.8. The van der Waals surface area contributed by atoms with E-state index in [0.29, 0.717) is 5.69 Å². The first-order valence-corrected chi connectivity index (χ1v) is 10.1. The highest BCUT2D eigenvalue weighted by Gasteiger charge is 2.39. The molecule has 0 saturated carbocycles. The Morgan fingerprint density at radius 1 is 1.18 bits per heavy atom. The molecule has 0 saturated heterocycles. The van der Waals surface area contributed by atoms with Crippen LogP contribution in [-0.4, -0.2) is 27.6 Å². The number of nitrogens with zero attached hydrogens (tertiary/aromatic N) is 3. The van der Waals surface area contributed by atoms with E-state index in [1.54, 1.807) is 32.2 Å². The first-order valence-electron chi connectivity index (χ1n) is 10.1. The van der Waals surface area contributed by atoms with Gasteiger partial charge in [-0.05, 0) is 24.6 Å². The summed E-state index contributed by atoms with van der Waals surface area (Å²) in [5.41, 5.74) is 0.523. The van der Waals surface area contributed by atoms with Gasteiger partial charge in [0.15, 0.2) is 6.61 Å². The van der Waals surface area contributed by atoms with Crippen molar-refractivity contribution in [2.24, 2.45) is 7.05 Å². The summed E-state index contributed by atoms with van der Waals surface area (Å²) in [5, 5.41) is 5.50. The number of ether oxygens (including phenoxy) is 1. The Kier molecular flexibility index (Phi) is 5.99. The van der Waals surface area contributed by atoms with Gasteiger partial charge in [-0.25, -0.2) is 5.10 Å². The zero-order chi connectivity index (χ0) is 23.6. The molecule has 0 fully saturated rings. The zero-order valence-electron chi connectivity index (χ0n) is 17.8. The molecule has 3 heterocycles. The number of rotatable bonds is 6. The molecule has 1 amide bonds. The SMILES string of the molecule is C[C@H](NC(=O)COc1cc(C(F)(F)F)c2c(-c3ccccn3)[nH][n+](C)c2n1)c1ccccc1. The summed E-state index contributed by atoms with van der Waals surface area (Å²) in [6.07, 6.45) is -3.18. The van der Waals surface area contributed by atoms with Gasteiger partial charge in [-0.1, -0.05) is 36.4 Å². The number of hydrogen-bond acceptors (Lipinski definition) is 4. The second-order valence-electron chi connectivity index (χ2n) is 7.45. The standard InChI is InChI=1S/C23H20F3N5O2/c1-14(15-8-4-3-5-9-15)28-18(32)13-33-19-12-16(23(24,25)26)20-21(17-10-6-7-11-27-17)30-31(2)22(20)29-19/h3-12,14H,13H2,1-2H3,(H,28,32)/p+1/t14-/m0/s1. The maximum atomic E-state index is 14.0. The molecule has 7 nitrogen and oxygen atoms in total. The van der Waals surface area contributed by atoms with E-state index in [0.717, 1.165) is 11.6 Å². The van der Waals surface area contributed by atoms with Gasteiger partial charge in [0.2, 0.25) is 0 Å². The van der Waals surface area contributed by atoms with Crippen LogP contribution in [0.3, 0.4) is 0 Å². The molecular weight excluding hydrogens is 435 g/mol. The Bertz CT molecular complexity index is 1270. The Labute approximate surface area is 187 Å². The average Bonchev–Trinajstić information content (AvgIpc) is 3.14. The summed E-state index contributed by atoms with van der Waals surface area (Å²) in [6, 6.07) is 14.8. The van der Waals surface area contributed by atoms with E-state index in [4.69, 9.17) is 4.74 Å². The van der Waals surface area contributed by atoms with Crippen molar-refractivity contribution in [3.63, 3.8) is 0 Å². The van der Waals surface area contributed by atoms with Crippen LogP contribution in [0.4, 0.5) is 13.2 Å². The lowest BCUT2D eigenvalue weighted by Gasteiger charge is -2.14. The van der Waals surface area contributed by atoms with Gasteiger partial charge in [-0.2, -0.15) is 17.9 Å². The fraction of sp³-hybridized carbons (Fsp3) is 0.217. The summed E-state index contributed by atoms with van der Waals surface area (Å²) in [6.45, 7) is 1.33. The average molecular weight is 456 g/mol. The summed E-state index contributed by atoms with van der Waals surface area (Å²) in [5.74, 6) is -0.783. The third-order valence-corrected chi connectivity index (χ3v) is 5.08. The lowest BCUT2D eigenvalue weighted by Crippen LogP contribution is -2.32. The van der Waals surface area contributed by atoms with Gasteiger partial charge in [0, 0.05) is 17.2 Å². The van der Waals surface area contributed by atoms with Crippen LogP contribution >= 0.6 is 0 Å². The van der Waals surface area contributed by atoms with Crippen LogP contribution in [0.2, 0.25) is 0 Å². The van der Waals surface area contributed by atoms with E-state index >= 15 is 0 Å². The number of pyridine rings is 2. The Morgan fingerprint density at radius 2 is 1.91 bits per heavy atom. The summed E-state index contributed by atoms with van der Waals surface area (Å²) in [7, 11) is 1.54. The molecule has 33 heavy (non-hydrogen) atoms. The number of nitrogens with one attached hydrogen (secondary N) is 2. The number of aromatic amines is 1. The van der Waals surface area contributed by atoms with Crippen LogP contribution < -0.4 is 14.7 Å². The van der Waals surface area contributed by atoms with Crippen molar-refractivity contribution in [3.8, 4) is 17.3 Å². The molecular formula is C23H21F3N5O2+. The van der Waals surface area contributed by atoms with Crippen LogP contribution in [0.5, 0.6) is 5.88 Å². The lowest BCUT2D eigenvalue weighted by atomic mass is 10.1. The summed E-state index contributed by atoms with van der Waals surface area (Å²) in [4.78, 5) is 20.6. The molecule has 10 heteroatoms. The summed E-state index contributed by atoms with van der Waals surface area (Å²) < 4.78 is 48.6. The maximum absolute atomic E-state index is 14.0. The minimum Gasteiger partial charge on any atom is -0.449 e. The monoisotopic (exact) mass is 456 g/mol. The van der Waals surface area contributed by atoms with E-state index in [-0.39, 0.29) is 28.6 Å². The van der Waals surface area contributed by atoms with Crippen LogP contribution in [-0.2, 0) is 18.0 Å². The Hall–Kier alpha value is -3.95. The quantitative estimate of drug-likeness (QED) is 0.433. The minimum absolute atomic E-state index is 0.0264. The second kappa shape index (κ2) is 8.89. The van der Waals surface area contributed by atoms with Gasteiger partial charge in [-0.3, -0.25) is 9.78 Å². The van der Waals surface area contributed by atoms with Crippen molar-refractivity contribution in [2.75, 3.05) is 6.61 Å². The van der Waals surface area contributed by atoms with Crippen LogP contribution in [0, 0.1) is 0 Å². The lowest BCUT2D eigenvalue weighted by molar-refractivity contribution is -0.703. The number of amides is 1. The number of H-pyrrole nitrogens is 1. The molecule has 2 N–H and O–H groups in total. The van der Waals surface area contributed by atoms with E-state index in [1.165, 1.54) is 10.9 Å². The predicted molar refractivity (Wildman–Crippen MR) is 114 cm³/mol. The number of alkyl halides is 3. The number of carbonyl (C=O) groups is 1. The number of benzene rings is 1.